The van der Waals surface area contributed by atoms with Gasteiger partial charge in [0.05, 0.1) is 38.6 Å². The smallest absolute Gasteiger partial charge is 0.220 e. The van der Waals surface area contributed by atoms with Crippen LogP contribution in [-0.4, -0.2) is 193 Å². The lowest BCUT2D eigenvalue weighted by molar-refractivity contribution is -0.379. The Labute approximate surface area is 655 Å². The molecule has 17 unspecified atom stereocenters. The van der Waals surface area contributed by atoms with Crippen LogP contribution < -0.4 is 5.32 Å². The molecule has 0 spiro atoms. The molecule has 0 aromatic rings. The molecule has 19 nitrogen and oxygen atoms in total. The van der Waals surface area contributed by atoms with E-state index >= 15 is 0 Å². The lowest BCUT2D eigenvalue weighted by Crippen LogP contribution is -2.66. The summed E-state index contributed by atoms with van der Waals surface area (Å²) < 4.78 is 34.5. The van der Waals surface area contributed by atoms with Gasteiger partial charge in [0.25, 0.3) is 0 Å². The summed E-state index contributed by atoms with van der Waals surface area (Å²) in [4.78, 5) is 13.5. The predicted molar refractivity (Wildman–Crippen MR) is 434 cm³/mol. The number of hydrogen-bond acceptors (Lipinski definition) is 18. The Balaban J connectivity index is 1.34. The summed E-state index contributed by atoms with van der Waals surface area (Å²) in [6.45, 7) is 1.66. The predicted octanol–water partition coefficient (Wildman–Crippen LogP) is 16.3. The van der Waals surface area contributed by atoms with Gasteiger partial charge >= 0.3 is 0 Å². The van der Waals surface area contributed by atoms with Gasteiger partial charge < -0.3 is 89.9 Å². The SMILES string of the molecule is CC/C=C\C/C=C\C/C=C\C/C=C\CCCCCCCCCCCCCCCCCCCCCCC(=O)NC(COC1OC(CO)C(OC2OC(CO)C(OC3OC(CO)C(O)C(O)C3O)C(O)C2O)C(O)C1O)C(O)/C=C/CC/C=C/CCCCCCCCCCCCCCCCCCCCCCCCCC. The first-order chi connectivity index (χ1) is 52.8. The van der Waals surface area contributed by atoms with E-state index in [-0.39, 0.29) is 18.9 Å². The molecule has 630 valence electrons. The third-order valence-electron chi connectivity index (χ3n) is 21.7. The van der Waals surface area contributed by atoms with Crippen LogP contribution in [-0.2, 0) is 33.2 Å². The van der Waals surface area contributed by atoms with Crippen molar-refractivity contribution in [3.63, 3.8) is 0 Å². The minimum Gasteiger partial charge on any atom is -0.394 e. The molecule has 3 aliphatic rings. The van der Waals surface area contributed by atoms with Gasteiger partial charge in [0.2, 0.25) is 5.91 Å². The fourth-order valence-corrected chi connectivity index (χ4v) is 14.7. The zero-order valence-corrected chi connectivity index (χ0v) is 67.8. The first-order valence-electron chi connectivity index (χ1n) is 44.2. The summed E-state index contributed by atoms with van der Waals surface area (Å²) in [5, 5.41) is 121. The van der Waals surface area contributed by atoms with Crippen LogP contribution in [0.1, 0.15) is 354 Å². The zero-order chi connectivity index (χ0) is 78.1. The van der Waals surface area contributed by atoms with Crippen LogP contribution in [0.2, 0.25) is 0 Å². The average molecular weight is 1530 g/mol. The van der Waals surface area contributed by atoms with E-state index in [1.807, 2.05) is 6.08 Å². The van der Waals surface area contributed by atoms with Gasteiger partial charge in [-0.15, -0.1) is 0 Å². The summed E-state index contributed by atoms with van der Waals surface area (Å²) in [5.74, 6) is -0.280. The molecule has 0 saturated carbocycles. The number of hydrogen-bond donors (Lipinski definition) is 12. The van der Waals surface area contributed by atoms with E-state index in [9.17, 15) is 61.0 Å². The topological polar surface area (TPSA) is 307 Å². The van der Waals surface area contributed by atoms with Crippen LogP contribution in [0.25, 0.3) is 0 Å². The molecule has 3 fully saturated rings. The molecular weight excluding hydrogens is 1370 g/mol. The Hall–Kier alpha value is -2.77. The molecule has 17 atom stereocenters. The normalized spacial score (nSPS) is 25.7. The molecule has 0 aromatic heterocycles. The van der Waals surface area contributed by atoms with Gasteiger partial charge in [-0.05, 0) is 70.6 Å². The fraction of sp³-hybridized carbons (Fsp3) is 0.854. The largest absolute Gasteiger partial charge is 0.394 e. The van der Waals surface area contributed by atoms with Crippen molar-refractivity contribution in [2.45, 2.75) is 458 Å². The van der Waals surface area contributed by atoms with Gasteiger partial charge in [0, 0.05) is 6.42 Å². The van der Waals surface area contributed by atoms with E-state index in [4.69, 9.17) is 28.4 Å². The molecule has 3 saturated heterocycles. The maximum atomic E-state index is 13.5. The van der Waals surface area contributed by atoms with Crippen molar-refractivity contribution in [3.8, 4) is 0 Å². The minimum absolute atomic E-state index is 0.236. The fourth-order valence-electron chi connectivity index (χ4n) is 14.7. The van der Waals surface area contributed by atoms with Crippen molar-refractivity contribution in [3.05, 3.63) is 72.9 Å². The number of ether oxygens (including phenoxy) is 6. The molecular formula is C89H161NO18. The highest BCUT2D eigenvalue weighted by Crippen LogP contribution is 2.33. The van der Waals surface area contributed by atoms with Gasteiger partial charge in [-0.2, -0.15) is 0 Å². The average Bonchev–Trinajstić information content (AvgIpc) is 0.779. The van der Waals surface area contributed by atoms with E-state index in [0.29, 0.717) is 12.8 Å². The van der Waals surface area contributed by atoms with E-state index in [0.717, 1.165) is 64.2 Å². The Bertz CT molecular complexity index is 2230. The number of aliphatic hydroxyl groups is 11. The second-order valence-electron chi connectivity index (χ2n) is 31.3. The molecule has 0 aromatic carbocycles. The molecule has 3 aliphatic heterocycles. The number of carbonyl (C=O) groups is 1. The van der Waals surface area contributed by atoms with Crippen molar-refractivity contribution in [1.29, 1.82) is 0 Å². The number of allylic oxidation sites excluding steroid dienone is 11. The summed E-state index contributed by atoms with van der Waals surface area (Å²) in [6.07, 6.45) is 64.8. The molecule has 3 rings (SSSR count). The summed E-state index contributed by atoms with van der Waals surface area (Å²) in [5.41, 5.74) is 0. The molecule has 0 bridgehead atoms. The lowest BCUT2D eigenvalue weighted by atomic mass is 9.96. The zero-order valence-electron chi connectivity index (χ0n) is 67.8. The Morgan fingerprint density at radius 2 is 0.648 bits per heavy atom. The van der Waals surface area contributed by atoms with Gasteiger partial charge in [0.15, 0.2) is 18.9 Å². The highest BCUT2D eigenvalue weighted by molar-refractivity contribution is 5.76. The quantitative estimate of drug-likeness (QED) is 0.0199. The van der Waals surface area contributed by atoms with Gasteiger partial charge in [0.1, 0.15) is 73.2 Å². The van der Waals surface area contributed by atoms with Crippen LogP contribution in [0.4, 0.5) is 0 Å². The molecule has 19 heteroatoms. The molecule has 0 radical (unpaired) electrons. The molecule has 0 aliphatic carbocycles. The molecule has 108 heavy (non-hydrogen) atoms. The van der Waals surface area contributed by atoms with Crippen molar-refractivity contribution < 1.29 is 89.4 Å². The number of nitrogens with one attached hydrogen (secondary N) is 1. The van der Waals surface area contributed by atoms with E-state index in [2.05, 4.69) is 79.9 Å². The molecule has 12 N–H and O–H groups in total. The highest BCUT2D eigenvalue weighted by atomic mass is 16.8. The van der Waals surface area contributed by atoms with Crippen LogP contribution in [0.15, 0.2) is 72.9 Å². The van der Waals surface area contributed by atoms with Crippen molar-refractivity contribution in [2.24, 2.45) is 0 Å². The summed E-state index contributed by atoms with van der Waals surface area (Å²) >= 11 is 0. The number of amides is 1. The number of rotatable bonds is 71. The van der Waals surface area contributed by atoms with E-state index in [1.165, 1.54) is 257 Å². The van der Waals surface area contributed by atoms with Gasteiger partial charge in [-0.25, -0.2) is 0 Å². The third-order valence-corrected chi connectivity index (χ3v) is 21.7. The Morgan fingerprint density at radius 1 is 0.343 bits per heavy atom. The van der Waals surface area contributed by atoms with Crippen LogP contribution in [0.3, 0.4) is 0 Å². The number of unbranched alkanes of at least 4 members (excludes halogenated alkanes) is 45. The Morgan fingerprint density at radius 3 is 1.04 bits per heavy atom. The van der Waals surface area contributed by atoms with Crippen molar-refractivity contribution >= 4 is 5.91 Å². The highest BCUT2D eigenvalue weighted by Gasteiger charge is 2.54. The van der Waals surface area contributed by atoms with Gasteiger partial charge in [-0.3, -0.25) is 4.79 Å². The van der Waals surface area contributed by atoms with Gasteiger partial charge in [-0.1, -0.05) is 350 Å². The van der Waals surface area contributed by atoms with Crippen LogP contribution in [0, 0.1) is 0 Å². The van der Waals surface area contributed by atoms with Crippen LogP contribution in [0.5, 0.6) is 0 Å². The maximum absolute atomic E-state index is 13.5. The second kappa shape index (κ2) is 68.6. The van der Waals surface area contributed by atoms with E-state index < -0.39 is 124 Å². The second-order valence-corrected chi connectivity index (χ2v) is 31.3. The Kier molecular flexibility index (Phi) is 63.2. The number of carbonyl (C=O) groups excluding carboxylic acids is 1. The van der Waals surface area contributed by atoms with Crippen molar-refractivity contribution in [2.75, 3.05) is 26.4 Å². The number of aliphatic hydroxyl groups excluding tert-OH is 11. The third kappa shape index (κ3) is 47.2. The van der Waals surface area contributed by atoms with Crippen LogP contribution >= 0.6 is 0 Å². The minimum atomic E-state index is -1.98. The lowest BCUT2D eigenvalue weighted by Gasteiger charge is -2.48. The summed E-state index contributed by atoms with van der Waals surface area (Å²) in [7, 11) is 0. The maximum Gasteiger partial charge on any atom is 0.220 e. The molecule has 1 amide bonds. The molecule has 3 heterocycles. The standard InChI is InChI=1S/C89H161NO18/c1-3-5-7-9-11-13-15-17-19-21-23-25-27-29-31-33-35-36-37-39-41-43-45-47-49-51-53-55-57-59-61-63-65-67-77(95)90-72(73(94)66-64-62-60-58-56-54-52-50-48-46-44-42-40-38-34-32-30-28-26-24-22-20-18-16-14-12-10-8-6-4-2)71-103-87-83(101)80(98)85(75(69-92)105-87)108-89-84(102)81(99)86(76(70-93)106-89)107-88-82(100)79(97)78(96)74(68-91)104-88/h5,7,11,13,17,19,23,25,56,58,64,66,72-76,78-89,91-94,96-102H,3-4,6,8-10,12,14-16,18,20-22,24,26-55,57,59-63,65,67-71H2,1-2H3,(H,90,95)/b7-5-,13-11-,19-17-,25-23-,58-56+,66-64+. The monoisotopic (exact) mass is 1530 g/mol. The van der Waals surface area contributed by atoms with Crippen molar-refractivity contribution in [1.82, 2.24) is 5.32 Å². The first-order valence-corrected chi connectivity index (χ1v) is 44.2. The summed E-state index contributed by atoms with van der Waals surface area (Å²) in [6, 6.07) is -0.994. The first kappa shape index (κ1) is 99.4. The van der Waals surface area contributed by atoms with E-state index in [1.54, 1.807) is 6.08 Å².